The van der Waals surface area contributed by atoms with Crippen LogP contribution in [-0.2, 0) is 6.54 Å². The third kappa shape index (κ3) is 3.83. The summed E-state index contributed by atoms with van der Waals surface area (Å²) in [5.74, 6) is 0. The highest BCUT2D eigenvalue weighted by atomic mass is 32.1. The van der Waals surface area contributed by atoms with Crippen LogP contribution in [0.15, 0.2) is 5.38 Å². The second-order valence-corrected chi connectivity index (χ2v) is 3.78. The molecule has 0 amide bonds. The van der Waals surface area contributed by atoms with Gasteiger partial charge in [-0.25, -0.2) is 0 Å². The lowest BCUT2D eigenvalue weighted by Crippen LogP contribution is -2.27. The van der Waals surface area contributed by atoms with Crippen molar-refractivity contribution in [3.63, 3.8) is 0 Å². The van der Waals surface area contributed by atoms with Crippen LogP contribution in [-0.4, -0.2) is 15.6 Å². The first-order chi connectivity index (χ1) is 6.36. The smallest absolute Gasteiger partial charge is 0.0893 e. The molecule has 0 bridgehead atoms. The second-order valence-electron chi connectivity index (χ2n) is 3.17. The predicted molar refractivity (Wildman–Crippen MR) is 55.7 cm³/mol. The van der Waals surface area contributed by atoms with E-state index in [9.17, 15) is 0 Å². The molecule has 1 aromatic rings. The molecule has 1 rings (SSSR count). The van der Waals surface area contributed by atoms with Crippen molar-refractivity contribution < 1.29 is 0 Å². The van der Waals surface area contributed by atoms with Gasteiger partial charge in [0.1, 0.15) is 0 Å². The summed E-state index contributed by atoms with van der Waals surface area (Å²) in [4.78, 5) is 0. The van der Waals surface area contributed by atoms with Gasteiger partial charge in [0.2, 0.25) is 0 Å². The molecule has 0 saturated carbocycles. The van der Waals surface area contributed by atoms with Gasteiger partial charge in [-0.05, 0) is 24.4 Å². The van der Waals surface area contributed by atoms with E-state index >= 15 is 0 Å². The molecule has 1 N–H and O–H groups in total. The largest absolute Gasteiger partial charge is 0.308 e. The highest BCUT2D eigenvalue weighted by Gasteiger charge is 2.04. The summed E-state index contributed by atoms with van der Waals surface area (Å²) in [6, 6.07) is 0.631. The zero-order chi connectivity index (χ0) is 9.52. The molecule has 1 atom stereocenters. The van der Waals surface area contributed by atoms with Crippen LogP contribution in [0.3, 0.4) is 0 Å². The van der Waals surface area contributed by atoms with Gasteiger partial charge < -0.3 is 5.32 Å². The van der Waals surface area contributed by atoms with E-state index in [0.717, 1.165) is 12.2 Å². The highest BCUT2D eigenvalue weighted by Crippen LogP contribution is 2.03. The third-order valence-corrected chi connectivity index (χ3v) is 2.66. The lowest BCUT2D eigenvalue weighted by molar-refractivity contribution is 0.459. The van der Waals surface area contributed by atoms with E-state index in [1.54, 1.807) is 0 Å². The molecule has 1 unspecified atom stereocenters. The average Bonchev–Trinajstić information content (AvgIpc) is 2.64. The maximum Gasteiger partial charge on any atom is 0.0893 e. The van der Waals surface area contributed by atoms with E-state index in [1.165, 1.54) is 30.8 Å². The monoisotopic (exact) mass is 199 g/mol. The Kier molecular flexibility index (Phi) is 4.93. The van der Waals surface area contributed by atoms with Crippen molar-refractivity contribution in [3.8, 4) is 0 Å². The minimum absolute atomic E-state index is 0.631. The fourth-order valence-electron chi connectivity index (χ4n) is 1.31. The first-order valence-electron chi connectivity index (χ1n) is 4.86. The minimum atomic E-state index is 0.631. The fraction of sp³-hybridized carbons (Fsp3) is 0.778. The highest BCUT2D eigenvalue weighted by molar-refractivity contribution is 7.03. The van der Waals surface area contributed by atoms with Crippen LogP contribution in [0.1, 0.15) is 38.8 Å². The number of nitrogens with zero attached hydrogens (tertiary/aromatic N) is 2. The van der Waals surface area contributed by atoms with E-state index in [2.05, 4.69) is 28.8 Å². The topological polar surface area (TPSA) is 37.8 Å². The van der Waals surface area contributed by atoms with E-state index < -0.39 is 0 Å². The molecule has 0 aliphatic carbocycles. The van der Waals surface area contributed by atoms with E-state index in [4.69, 9.17) is 0 Å². The lowest BCUT2D eigenvalue weighted by atomic mass is 10.1. The molecule has 13 heavy (non-hydrogen) atoms. The number of hydrogen-bond donors (Lipinski definition) is 1. The Balaban J connectivity index is 2.23. The molecule has 0 saturated heterocycles. The van der Waals surface area contributed by atoms with E-state index in [1.807, 2.05) is 5.38 Å². The Bertz CT molecular complexity index is 211. The van der Waals surface area contributed by atoms with Crippen LogP contribution in [0.2, 0.25) is 0 Å². The van der Waals surface area contributed by atoms with Crippen molar-refractivity contribution in [1.82, 2.24) is 14.9 Å². The van der Waals surface area contributed by atoms with Crippen LogP contribution in [0.25, 0.3) is 0 Å². The Morgan fingerprint density at radius 3 is 2.92 bits per heavy atom. The van der Waals surface area contributed by atoms with E-state index in [-0.39, 0.29) is 0 Å². The van der Waals surface area contributed by atoms with Gasteiger partial charge in [-0.15, -0.1) is 5.10 Å². The van der Waals surface area contributed by atoms with Crippen molar-refractivity contribution in [2.24, 2.45) is 0 Å². The third-order valence-electron chi connectivity index (χ3n) is 2.11. The standard InChI is InChI=1S/C9H17N3S/c1-3-5-8(4-2)10-6-9-7-13-12-11-9/h7-8,10H,3-6H2,1-2H3. The summed E-state index contributed by atoms with van der Waals surface area (Å²) in [7, 11) is 0. The number of rotatable bonds is 6. The number of hydrogen-bond acceptors (Lipinski definition) is 4. The average molecular weight is 199 g/mol. The van der Waals surface area contributed by atoms with Gasteiger partial charge in [-0.1, -0.05) is 24.8 Å². The van der Waals surface area contributed by atoms with Crippen LogP contribution >= 0.6 is 11.5 Å². The fourth-order valence-corrected chi connectivity index (χ4v) is 1.76. The molecule has 74 valence electrons. The van der Waals surface area contributed by atoms with Gasteiger partial charge in [0.25, 0.3) is 0 Å². The number of nitrogens with one attached hydrogen (secondary N) is 1. The van der Waals surface area contributed by atoms with Gasteiger partial charge in [-0.3, -0.25) is 0 Å². The summed E-state index contributed by atoms with van der Waals surface area (Å²) < 4.78 is 3.82. The van der Waals surface area contributed by atoms with Gasteiger partial charge in [-0.2, -0.15) is 0 Å². The Morgan fingerprint density at radius 1 is 1.54 bits per heavy atom. The summed E-state index contributed by atoms with van der Waals surface area (Å²) in [5.41, 5.74) is 1.06. The molecular formula is C9H17N3S. The quantitative estimate of drug-likeness (QED) is 0.763. The first kappa shape index (κ1) is 10.6. The van der Waals surface area contributed by atoms with Crippen LogP contribution < -0.4 is 5.32 Å². The normalized spacial score (nSPS) is 13.1. The molecule has 3 nitrogen and oxygen atoms in total. The van der Waals surface area contributed by atoms with Crippen molar-refractivity contribution in [2.45, 2.75) is 45.7 Å². The molecule has 0 radical (unpaired) electrons. The van der Waals surface area contributed by atoms with Crippen LogP contribution in [0.4, 0.5) is 0 Å². The Morgan fingerprint density at radius 2 is 2.38 bits per heavy atom. The molecule has 0 fully saturated rings. The maximum absolute atomic E-state index is 3.99. The van der Waals surface area contributed by atoms with Gasteiger partial charge in [0, 0.05) is 18.0 Å². The van der Waals surface area contributed by atoms with Crippen LogP contribution in [0, 0.1) is 0 Å². The Labute approximate surface area is 83.7 Å². The van der Waals surface area contributed by atoms with Gasteiger partial charge >= 0.3 is 0 Å². The summed E-state index contributed by atoms with van der Waals surface area (Å²) in [6.07, 6.45) is 3.67. The number of aromatic nitrogens is 2. The molecule has 0 aromatic carbocycles. The SMILES string of the molecule is CCCC(CC)NCc1csnn1. The molecule has 0 aliphatic heterocycles. The maximum atomic E-state index is 3.99. The molecule has 0 aliphatic rings. The zero-order valence-corrected chi connectivity index (χ0v) is 9.10. The molecular weight excluding hydrogens is 182 g/mol. The predicted octanol–water partition coefficient (Wildman–Crippen LogP) is 2.21. The first-order valence-corrected chi connectivity index (χ1v) is 5.69. The van der Waals surface area contributed by atoms with Crippen molar-refractivity contribution in [2.75, 3.05) is 0 Å². The van der Waals surface area contributed by atoms with Gasteiger partial charge in [0.15, 0.2) is 0 Å². The molecule has 1 aromatic heterocycles. The van der Waals surface area contributed by atoms with Crippen molar-refractivity contribution in [1.29, 1.82) is 0 Å². The Hall–Kier alpha value is -0.480. The lowest BCUT2D eigenvalue weighted by Gasteiger charge is -2.14. The molecule has 0 spiro atoms. The van der Waals surface area contributed by atoms with E-state index in [0.29, 0.717) is 6.04 Å². The second kappa shape index (κ2) is 6.05. The molecule has 1 heterocycles. The van der Waals surface area contributed by atoms with Gasteiger partial charge in [0.05, 0.1) is 5.69 Å². The molecule has 4 heteroatoms. The zero-order valence-electron chi connectivity index (χ0n) is 8.29. The summed E-state index contributed by atoms with van der Waals surface area (Å²) >= 11 is 1.41. The van der Waals surface area contributed by atoms with Crippen molar-refractivity contribution in [3.05, 3.63) is 11.1 Å². The minimum Gasteiger partial charge on any atom is -0.308 e. The van der Waals surface area contributed by atoms with Crippen LogP contribution in [0.5, 0.6) is 0 Å². The summed E-state index contributed by atoms with van der Waals surface area (Å²) in [6.45, 7) is 5.29. The summed E-state index contributed by atoms with van der Waals surface area (Å²) in [5, 5.41) is 9.46. The van der Waals surface area contributed by atoms with Crippen molar-refractivity contribution >= 4 is 11.5 Å².